The predicted molar refractivity (Wildman–Crippen MR) is 68.4 cm³/mol. The Hall–Kier alpha value is -1.94. The summed E-state index contributed by atoms with van der Waals surface area (Å²) in [5, 5.41) is 0.284. The molecule has 92 valence electrons. The molecule has 2 rings (SSSR count). The normalized spacial score (nSPS) is 10.1. The van der Waals surface area contributed by atoms with E-state index in [2.05, 4.69) is 9.97 Å². The van der Waals surface area contributed by atoms with E-state index in [1.165, 1.54) is 6.20 Å². The van der Waals surface area contributed by atoms with Crippen molar-refractivity contribution in [1.29, 1.82) is 0 Å². The zero-order valence-electron chi connectivity index (χ0n) is 9.76. The molecular weight excluding hydrogens is 252 g/mol. The fraction of sp³-hybridized carbons (Fsp3) is 0.154. The number of rotatable bonds is 3. The third kappa shape index (κ3) is 2.65. The molecule has 0 aliphatic rings. The Morgan fingerprint density at radius 1 is 1.39 bits per heavy atom. The van der Waals surface area contributed by atoms with Crippen LogP contribution in [0.2, 0.25) is 5.02 Å². The molecule has 0 radical (unpaired) electrons. The van der Waals surface area contributed by atoms with Crippen molar-refractivity contribution < 1.29 is 9.53 Å². The molecule has 0 aliphatic heterocycles. The van der Waals surface area contributed by atoms with Gasteiger partial charge in [0.1, 0.15) is 0 Å². The Morgan fingerprint density at radius 3 is 2.78 bits per heavy atom. The van der Waals surface area contributed by atoms with Crippen LogP contribution in [-0.4, -0.2) is 22.5 Å². The number of carbonyl (C=O) groups is 1. The van der Waals surface area contributed by atoms with Gasteiger partial charge in [-0.05, 0) is 25.1 Å². The van der Waals surface area contributed by atoms with Crippen molar-refractivity contribution in [3.8, 4) is 11.3 Å². The maximum atomic E-state index is 11.7. The van der Waals surface area contributed by atoms with E-state index in [0.29, 0.717) is 17.9 Å². The Morgan fingerprint density at radius 2 is 2.11 bits per heavy atom. The standard InChI is InChI=1S/C13H11ClN2O2/c1-2-18-13(17)10-7-12(16-8-11(10)14)9-3-5-15-6-4-9/h3-8H,2H2,1H3. The van der Waals surface area contributed by atoms with Gasteiger partial charge in [-0.25, -0.2) is 4.79 Å². The fourth-order valence-corrected chi connectivity index (χ4v) is 1.67. The lowest BCUT2D eigenvalue weighted by Gasteiger charge is -2.06. The first-order valence-electron chi connectivity index (χ1n) is 5.45. The van der Waals surface area contributed by atoms with E-state index in [4.69, 9.17) is 16.3 Å². The number of aromatic nitrogens is 2. The Balaban J connectivity index is 2.41. The number of esters is 1. The van der Waals surface area contributed by atoms with Crippen molar-refractivity contribution in [2.45, 2.75) is 6.92 Å². The van der Waals surface area contributed by atoms with E-state index < -0.39 is 5.97 Å². The molecule has 4 nitrogen and oxygen atoms in total. The molecule has 0 saturated carbocycles. The third-order valence-electron chi connectivity index (χ3n) is 2.33. The highest BCUT2D eigenvalue weighted by Gasteiger charge is 2.13. The van der Waals surface area contributed by atoms with Gasteiger partial charge < -0.3 is 4.74 Å². The summed E-state index contributed by atoms with van der Waals surface area (Å²) in [5.74, 6) is -0.444. The van der Waals surface area contributed by atoms with Crippen LogP contribution < -0.4 is 0 Å². The van der Waals surface area contributed by atoms with E-state index in [1.807, 2.05) is 12.1 Å². The van der Waals surface area contributed by atoms with Crippen molar-refractivity contribution >= 4 is 17.6 Å². The van der Waals surface area contributed by atoms with Gasteiger partial charge in [-0.2, -0.15) is 0 Å². The van der Waals surface area contributed by atoms with Gasteiger partial charge in [-0.15, -0.1) is 0 Å². The summed E-state index contributed by atoms with van der Waals surface area (Å²) in [4.78, 5) is 19.8. The first kappa shape index (κ1) is 12.5. The largest absolute Gasteiger partial charge is 0.462 e. The molecule has 0 bridgehead atoms. The summed E-state index contributed by atoms with van der Waals surface area (Å²) in [5.41, 5.74) is 1.84. The summed E-state index contributed by atoms with van der Waals surface area (Å²) >= 11 is 5.94. The Labute approximate surface area is 110 Å². The molecule has 0 fully saturated rings. The van der Waals surface area contributed by atoms with Crippen LogP contribution in [0.4, 0.5) is 0 Å². The monoisotopic (exact) mass is 262 g/mol. The lowest BCUT2D eigenvalue weighted by atomic mass is 10.1. The zero-order valence-corrected chi connectivity index (χ0v) is 10.5. The molecule has 0 amide bonds. The average molecular weight is 263 g/mol. The third-order valence-corrected chi connectivity index (χ3v) is 2.63. The van der Waals surface area contributed by atoms with Crippen LogP contribution in [0, 0.1) is 0 Å². The van der Waals surface area contributed by atoms with Crippen molar-refractivity contribution in [3.05, 3.63) is 47.4 Å². The minimum absolute atomic E-state index is 0.284. The maximum absolute atomic E-state index is 11.7. The first-order chi connectivity index (χ1) is 8.72. The number of halogens is 1. The molecule has 0 aliphatic carbocycles. The molecular formula is C13H11ClN2O2. The number of nitrogens with zero attached hydrogens (tertiary/aromatic N) is 2. The summed E-state index contributed by atoms with van der Waals surface area (Å²) in [7, 11) is 0. The highest BCUT2D eigenvalue weighted by atomic mass is 35.5. The van der Waals surface area contributed by atoms with Crippen molar-refractivity contribution in [3.63, 3.8) is 0 Å². The summed E-state index contributed by atoms with van der Waals surface area (Å²) in [6.45, 7) is 2.05. The van der Waals surface area contributed by atoms with E-state index in [1.54, 1.807) is 25.4 Å². The number of ether oxygens (including phenoxy) is 1. The van der Waals surface area contributed by atoms with Crippen LogP contribution in [0.3, 0.4) is 0 Å². The van der Waals surface area contributed by atoms with Gasteiger partial charge in [0.15, 0.2) is 0 Å². The second kappa shape index (κ2) is 5.60. The topological polar surface area (TPSA) is 52.1 Å². The van der Waals surface area contributed by atoms with E-state index in [9.17, 15) is 4.79 Å². The van der Waals surface area contributed by atoms with Gasteiger partial charge in [0.05, 0.1) is 22.9 Å². The molecule has 0 unspecified atom stereocenters. The zero-order chi connectivity index (χ0) is 13.0. The second-order valence-corrected chi connectivity index (χ2v) is 3.91. The summed E-state index contributed by atoms with van der Waals surface area (Å²) in [6.07, 6.45) is 4.77. The number of carbonyl (C=O) groups excluding carboxylic acids is 1. The summed E-state index contributed by atoms with van der Waals surface area (Å²) < 4.78 is 4.94. The van der Waals surface area contributed by atoms with Crippen molar-refractivity contribution in [2.75, 3.05) is 6.61 Å². The number of hydrogen-bond donors (Lipinski definition) is 0. The van der Waals surface area contributed by atoms with E-state index >= 15 is 0 Å². The minimum atomic E-state index is -0.444. The number of hydrogen-bond acceptors (Lipinski definition) is 4. The lowest BCUT2D eigenvalue weighted by Crippen LogP contribution is -2.06. The molecule has 2 aromatic heterocycles. The van der Waals surface area contributed by atoms with Gasteiger partial charge in [0.25, 0.3) is 0 Å². The van der Waals surface area contributed by atoms with Gasteiger partial charge in [0.2, 0.25) is 0 Å². The van der Waals surface area contributed by atoms with Gasteiger partial charge in [-0.3, -0.25) is 9.97 Å². The number of pyridine rings is 2. The Kier molecular flexibility index (Phi) is 3.89. The van der Waals surface area contributed by atoms with Crippen LogP contribution in [0.15, 0.2) is 36.8 Å². The van der Waals surface area contributed by atoms with Gasteiger partial charge in [0, 0.05) is 24.2 Å². The molecule has 2 aromatic rings. The fourth-order valence-electron chi connectivity index (χ4n) is 1.48. The average Bonchev–Trinajstić information content (AvgIpc) is 2.40. The van der Waals surface area contributed by atoms with Gasteiger partial charge in [-0.1, -0.05) is 11.6 Å². The van der Waals surface area contributed by atoms with E-state index in [-0.39, 0.29) is 5.02 Å². The first-order valence-corrected chi connectivity index (χ1v) is 5.83. The predicted octanol–water partition coefficient (Wildman–Crippen LogP) is 2.97. The molecule has 0 atom stereocenters. The molecule has 0 spiro atoms. The van der Waals surface area contributed by atoms with Crippen molar-refractivity contribution in [2.24, 2.45) is 0 Å². The maximum Gasteiger partial charge on any atom is 0.339 e. The van der Waals surface area contributed by atoms with Gasteiger partial charge >= 0.3 is 5.97 Å². The van der Waals surface area contributed by atoms with Crippen molar-refractivity contribution in [1.82, 2.24) is 9.97 Å². The van der Waals surface area contributed by atoms with Crippen LogP contribution in [-0.2, 0) is 4.74 Å². The van der Waals surface area contributed by atoms with Crippen LogP contribution in [0.5, 0.6) is 0 Å². The van der Waals surface area contributed by atoms with Crippen LogP contribution >= 0.6 is 11.6 Å². The molecule has 5 heteroatoms. The smallest absolute Gasteiger partial charge is 0.339 e. The lowest BCUT2D eigenvalue weighted by molar-refractivity contribution is 0.0526. The molecule has 0 saturated heterocycles. The quantitative estimate of drug-likeness (QED) is 0.798. The molecule has 18 heavy (non-hydrogen) atoms. The molecule has 0 N–H and O–H groups in total. The SMILES string of the molecule is CCOC(=O)c1cc(-c2ccncc2)ncc1Cl. The van der Waals surface area contributed by atoms with Crippen LogP contribution in [0.1, 0.15) is 17.3 Å². The molecule has 2 heterocycles. The minimum Gasteiger partial charge on any atom is -0.462 e. The second-order valence-electron chi connectivity index (χ2n) is 3.51. The molecule has 0 aromatic carbocycles. The van der Waals surface area contributed by atoms with Crippen LogP contribution in [0.25, 0.3) is 11.3 Å². The highest BCUT2D eigenvalue weighted by molar-refractivity contribution is 6.33. The highest BCUT2D eigenvalue weighted by Crippen LogP contribution is 2.22. The van der Waals surface area contributed by atoms with E-state index in [0.717, 1.165) is 5.56 Å². The summed E-state index contributed by atoms with van der Waals surface area (Å²) in [6, 6.07) is 5.24. The Bertz CT molecular complexity index is 558.